The first-order valence-corrected chi connectivity index (χ1v) is 9.74. The Kier molecular flexibility index (Phi) is 5.73. The van der Waals surface area contributed by atoms with Crippen LogP contribution in [0, 0.1) is 11.7 Å². The smallest absolute Gasteiger partial charge is 0.217 e. The molecule has 0 saturated heterocycles. The Labute approximate surface area is 157 Å². The van der Waals surface area contributed by atoms with Gasteiger partial charge in [-0.05, 0) is 50.1 Å². The number of rotatable bonds is 6. The molecule has 4 nitrogen and oxygen atoms in total. The third kappa shape index (κ3) is 4.60. The number of aryl methyl sites for hydroxylation is 1. The van der Waals surface area contributed by atoms with Crippen LogP contribution in [0.3, 0.4) is 0 Å². The standard InChI is InChI=1S/C19H22N4S2/c1-14-4-8-16(9-5-14)18-20-19(24)23(21-18)13-22(2)12-15-6-10-17(25-3)11-7-15/h4-11H,12-13H2,1-3H3,(H,20,21,24). The van der Waals surface area contributed by atoms with Crippen LogP contribution in [0.5, 0.6) is 0 Å². The molecule has 3 rings (SSSR count). The van der Waals surface area contributed by atoms with Crippen LogP contribution in [0.4, 0.5) is 0 Å². The number of thioether (sulfide) groups is 1. The minimum absolute atomic E-state index is 0.570. The summed E-state index contributed by atoms with van der Waals surface area (Å²) in [5.74, 6) is 0.808. The zero-order valence-corrected chi connectivity index (χ0v) is 16.3. The molecule has 0 aliphatic heterocycles. The molecule has 3 aromatic rings. The molecule has 0 radical (unpaired) electrons. The average molecular weight is 371 g/mol. The molecule has 2 aromatic carbocycles. The lowest BCUT2D eigenvalue weighted by atomic mass is 10.1. The van der Waals surface area contributed by atoms with Gasteiger partial charge in [-0.15, -0.1) is 11.8 Å². The van der Waals surface area contributed by atoms with Crippen LogP contribution < -0.4 is 0 Å². The fraction of sp³-hybridized carbons (Fsp3) is 0.263. The van der Waals surface area contributed by atoms with E-state index in [0.29, 0.717) is 11.4 Å². The van der Waals surface area contributed by atoms with Gasteiger partial charge in [0.25, 0.3) is 0 Å². The number of hydrogen-bond acceptors (Lipinski definition) is 4. The predicted octanol–water partition coefficient (Wildman–Crippen LogP) is 4.73. The molecule has 25 heavy (non-hydrogen) atoms. The maximum absolute atomic E-state index is 5.41. The Morgan fingerprint density at radius 2 is 1.80 bits per heavy atom. The van der Waals surface area contributed by atoms with Gasteiger partial charge >= 0.3 is 0 Å². The normalized spacial score (nSPS) is 11.2. The van der Waals surface area contributed by atoms with Crippen LogP contribution in [0.25, 0.3) is 11.4 Å². The van der Waals surface area contributed by atoms with Crippen molar-refractivity contribution in [2.24, 2.45) is 0 Å². The molecule has 130 valence electrons. The molecule has 0 aliphatic carbocycles. The number of hydrogen-bond donors (Lipinski definition) is 1. The Morgan fingerprint density at radius 3 is 2.44 bits per heavy atom. The van der Waals surface area contributed by atoms with E-state index in [0.717, 1.165) is 17.9 Å². The maximum Gasteiger partial charge on any atom is 0.217 e. The number of aromatic amines is 1. The maximum atomic E-state index is 5.41. The highest BCUT2D eigenvalue weighted by Gasteiger charge is 2.07. The quantitative estimate of drug-likeness (QED) is 0.503. The third-order valence-electron chi connectivity index (χ3n) is 4.00. The van der Waals surface area contributed by atoms with Crippen molar-refractivity contribution in [3.63, 3.8) is 0 Å². The van der Waals surface area contributed by atoms with Gasteiger partial charge in [0.1, 0.15) is 0 Å². The monoisotopic (exact) mass is 370 g/mol. The summed E-state index contributed by atoms with van der Waals surface area (Å²) in [4.78, 5) is 7.98. The first-order chi connectivity index (χ1) is 12.0. The molecule has 6 heteroatoms. The molecule has 1 N–H and O–H groups in total. The topological polar surface area (TPSA) is 36.9 Å². The molecule has 0 unspecified atom stereocenters. The molecular formula is C19H22N4S2. The number of nitrogens with zero attached hydrogens (tertiary/aromatic N) is 3. The minimum atomic E-state index is 0.570. The summed E-state index contributed by atoms with van der Waals surface area (Å²) in [5.41, 5.74) is 3.56. The zero-order valence-electron chi connectivity index (χ0n) is 14.7. The second-order valence-electron chi connectivity index (χ2n) is 6.15. The minimum Gasteiger partial charge on any atom is -0.283 e. The lowest BCUT2D eigenvalue weighted by Gasteiger charge is -2.17. The van der Waals surface area contributed by atoms with Gasteiger partial charge in [0.05, 0.1) is 6.67 Å². The SMILES string of the molecule is CSc1ccc(CN(C)Cn2[nH]c(-c3ccc(C)cc3)nc2=S)cc1. The molecule has 1 heterocycles. The Morgan fingerprint density at radius 1 is 1.12 bits per heavy atom. The third-order valence-corrected chi connectivity index (χ3v) is 5.05. The lowest BCUT2D eigenvalue weighted by molar-refractivity contribution is 0.244. The van der Waals surface area contributed by atoms with Crippen molar-refractivity contribution in [1.29, 1.82) is 0 Å². The number of nitrogens with one attached hydrogen (secondary N) is 1. The van der Waals surface area contributed by atoms with Crippen LogP contribution in [-0.4, -0.2) is 33.0 Å². The van der Waals surface area contributed by atoms with Crippen molar-refractivity contribution in [2.75, 3.05) is 13.3 Å². The summed E-state index contributed by atoms with van der Waals surface area (Å²) in [5, 5.41) is 3.31. The van der Waals surface area contributed by atoms with Crippen molar-refractivity contribution in [3.8, 4) is 11.4 Å². The molecule has 0 spiro atoms. The Hall–Kier alpha value is -1.89. The van der Waals surface area contributed by atoms with E-state index in [9.17, 15) is 0 Å². The van der Waals surface area contributed by atoms with Crippen LogP contribution >= 0.6 is 24.0 Å². The number of H-pyrrole nitrogens is 1. The highest BCUT2D eigenvalue weighted by molar-refractivity contribution is 7.98. The summed E-state index contributed by atoms with van der Waals surface area (Å²) in [6.45, 7) is 3.60. The van der Waals surface area contributed by atoms with E-state index in [1.54, 1.807) is 11.8 Å². The van der Waals surface area contributed by atoms with E-state index in [4.69, 9.17) is 12.2 Å². The van der Waals surface area contributed by atoms with Crippen molar-refractivity contribution in [3.05, 3.63) is 64.4 Å². The number of aromatic nitrogens is 3. The highest BCUT2D eigenvalue weighted by Crippen LogP contribution is 2.17. The molecule has 0 aliphatic rings. The fourth-order valence-electron chi connectivity index (χ4n) is 2.63. The van der Waals surface area contributed by atoms with Crippen LogP contribution in [0.15, 0.2) is 53.4 Å². The van der Waals surface area contributed by atoms with Crippen molar-refractivity contribution < 1.29 is 0 Å². The zero-order chi connectivity index (χ0) is 17.8. The van der Waals surface area contributed by atoms with Crippen LogP contribution in [0.1, 0.15) is 11.1 Å². The molecular weight excluding hydrogens is 348 g/mol. The van der Waals surface area contributed by atoms with E-state index in [1.165, 1.54) is 16.0 Å². The molecule has 0 bridgehead atoms. The van der Waals surface area contributed by atoms with Gasteiger partial charge in [0.2, 0.25) is 4.77 Å². The van der Waals surface area contributed by atoms with Gasteiger partial charge in [0.15, 0.2) is 5.82 Å². The van der Waals surface area contributed by atoms with Gasteiger partial charge in [-0.3, -0.25) is 10.00 Å². The summed E-state index contributed by atoms with van der Waals surface area (Å²) in [7, 11) is 2.08. The summed E-state index contributed by atoms with van der Waals surface area (Å²) >= 11 is 7.16. The second-order valence-corrected chi connectivity index (χ2v) is 7.40. The Bertz CT molecular complexity index is 879. The van der Waals surface area contributed by atoms with Gasteiger partial charge < -0.3 is 0 Å². The predicted molar refractivity (Wildman–Crippen MR) is 107 cm³/mol. The number of benzene rings is 2. The summed E-state index contributed by atoms with van der Waals surface area (Å²) in [6.07, 6.45) is 2.09. The van der Waals surface area contributed by atoms with Gasteiger partial charge in [-0.1, -0.05) is 42.0 Å². The Balaban J connectivity index is 1.69. The van der Waals surface area contributed by atoms with Crippen molar-refractivity contribution >= 4 is 24.0 Å². The van der Waals surface area contributed by atoms with Crippen LogP contribution in [-0.2, 0) is 13.2 Å². The molecule has 0 fully saturated rings. The van der Waals surface area contributed by atoms with Gasteiger partial charge in [0, 0.05) is 17.0 Å². The van der Waals surface area contributed by atoms with E-state index in [1.807, 2.05) is 4.68 Å². The molecule has 0 saturated carbocycles. The van der Waals surface area contributed by atoms with Crippen molar-refractivity contribution in [1.82, 2.24) is 19.7 Å². The molecule has 0 atom stereocenters. The first kappa shape index (κ1) is 17.9. The molecule has 1 aromatic heterocycles. The highest BCUT2D eigenvalue weighted by atomic mass is 32.2. The average Bonchev–Trinajstić information content (AvgIpc) is 2.96. The van der Waals surface area contributed by atoms with E-state index >= 15 is 0 Å². The fourth-order valence-corrected chi connectivity index (χ4v) is 3.23. The van der Waals surface area contributed by atoms with Crippen molar-refractivity contribution in [2.45, 2.75) is 25.0 Å². The van der Waals surface area contributed by atoms with Gasteiger partial charge in [-0.25, -0.2) is 4.68 Å². The molecule has 0 amide bonds. The second kappa shape index (κ2) is 7.99. The van der Waals surface area contributed by atoms with E-state index in [2.05, 4.69) is 83.7 Å². The lowest BCUT2D eigenvalue weighted by Crippen LogP contribution is -2.22. The van der Waals surface area contributed by atoms with Crippen LogP contribution in [0.2, 0.25) is 0 Å². The summed E-state index contributed by atoms with van der Waals surface area (Å²) < 4.78 is 2.47. The first-order valence-electron chi connectivity index (χ1n) is 8.10. The van der Waals surface area contributed by atoms with Gasteiger partial charge in [-0.2, -0.15) is 4.98 Å². The van der Waals surface area contributed by atoms with E-state index in [-0.39, 0.29) is 0 Å². The largest absolute Gasteiger partial charge is 0.283 e. The summed E-state index contributed by atoms with van der Waals surface area (Å²) in [6, 6.07) is 16.9. The van der Waals surface area contributed by atoms with E-state index < -0.39 is 0 Å².